The van der Waals surface area contributed by atoms with Crippen LogP contribution in [0.2, 0.25) is 0 Å². The molecule has 0 aliphatic heterocycles. The first-order valence-corrected chi connectivity index (χ1v) is 3.95. The topological polar surface area (TPSA) is 53.2 Å². The lowest BCUT2D eigenvalue weighted by Gasteiger charge is -2.04. The van der Waals surface area contributed by atoms with Crippen LogP contribution >= 0.6 is 0 Å². The van der Waals surface area contributed by atoms with Crippen LogP contribution in [0.3, 0.4) is 0 Å². The van der Waals surface area contributed by atoms with Gasteiger partial charge in [0.1, 0.15) is 12.4 Å². The minimum atomic E-state index is 0.478. The van der Waals surface area contributed by atoms with Crippen molar-refractivity contribution in [3.8, 4) is 11.8 Å². The molecule has 13 heavy (non-hydrogen) atoms. The molecule has 0 unspecified atom stereocenters. The van der Waals surface area contributed by atoms with Crippen LogP contribution in [0.15, 0.2) is 18.2 Å². The van der Waals surface area contributed by atoms with Crippen LogP contribution in [-0.4, -0.2) is 11.7 Å². The van der Waals surface area contributed by atoms with Gasteiger partial charge < -0.3 is 9.84 Å². The summed E-state index contributed by atoms with van der Waals surface area (Å²) < 4.78 is 5.21. The Morgan fingerprint density at radius 2 is 2.31 bits per heavy atom. The molecule has 3 heteroatoms. The Kier molecular flexibility index (Phi) is 3.30. The van der Waals surface area contributed by atoms with Crippen LogP contribution < -0.4 is 4.74 Å². The van der Waals surface area contributed by atoms with E-state index in [1.54, 1.807) is 18.2 Å². The van der Waals surface area contributed by atoms with E-state index >= 15 is 0 Å². The van der Waals surface area contributed by atoms with Gasteiger partial charge in [0.15, 0.2) is 0 Å². The minimum Gasteiger partial charge on any atom is -0.494 e. The smallest absolute Gasteiger partial charge is 0.120 e. The summed E-state index contributed by atoms with van der Waals surface area (Å²) in [6.45, 7) is 3.35. The summed E-state index contributed by atoms with van der Waals surface area (Å²) in [4.78, 5) is 0. The minimum absolute atomic E-state index is 0.478. The molecule has 0 saturated carbocycles. The highest BCUT2D eigenvalue weighted by Crippen LogP contribution is 2.17. The van der Waals surface area contributed by atoms with Gasteiger partial charge in [0.2, 0.25) is 0 Å². The highest BCUT2D eigenvalue weighted by atomic mass is 16.5. The number of benzene rings is 1. The van der Waals surface area contributed by atoms with E-state index in [2.05, 4.69) is 0 Å². The number of rotatable bonds is 3. The third-order valence-corrected chi connectivity index (χ3v) is 1.52. The van der Waals surface area contributed by atoms with Crippen molar-refractivity contribution in [1.82, 2.24) is 0 Å². The van der Waals surface area contributed by atoms with Crippen LogP contribution in [-0.2, 0) is 0 Å². The molecule has 67 valence electrons. The van der Waals surface area contributed by atoms with Gasteiger partial charge in [-0.05, 0) is 30.7 Å². The average molecular weight is 176 g/mol. The van der Waals surface area contributed by atoms with Crippen molar-refractivity contribution in [2.75, 3.05) is 6.61 Å². The number of hydrogen-bond acceptors (Lipinski definition) is 3. The summed E-state index contributed by atoms with van der Waals surface area (Å²) in [6.07, 6.45) is 0. The quantitative estimate of drug-likeness (QED) is 0.764. The maximum Gasteiger partial charge on any atom is 0.120 e. The molecule has 0 saturated heterocycles. The van der Waals surface area contributed by atoms with Crippen LogP contribution in [0.4, 0.5) is 0 Å². The van der Waals surface area contributed by atoms with Crippen molar-refractivity contribution in [1.29, 1.82) is 5.26 Å². The van der Waals surface area contributed by atoms with Crippen LogP contribution in [0.5, 0.6) is 5.75 Å². The van der Waals surface area contributed by atoms with Crippen molar-refractivity contribution in [2.24, 2.45) is 0 Å². The molecule has 0 aliphatic carbocycles. The molecule has 0 fully saturated rings. The summed E-state index contributed by atoms with van der Waals surface area (Å²) in [5.74, 6) is 0.599. The molecule has 3 nitrogen and oxygen atoms in total. The lowest BCUT2D eigenvalue weighted by Crippen LogP contribution is -1.93. The molecular formula is C10H10NO2. The standard InChI is InChI=1S/C10H10NO2/c1-2-13-10-4-8(6-11)3-9(5-10)7-12/h3-5,7,12H,2H2,1H3. The molecule has 1 rings (SSSR count). The van der Waals surface area contributed by atoms with Gasteiger partial charge in [-0.25, -0.2) is 0 Å². The molecule has 1 N–H and O–H groups in total. The van der Waals surface area contributed by atoms with E-state index in [1.165, 1.54) is 0 Å². The Hall–Kier alpha value is -1.53. The molecule has 0 bridgehead atoms. The van der Waals surface area contributed by atoms with E-state index in [0.717, 1.165) is 6.61 Å². The first-order valence-electron chi connectivity index (χ1n) is 3.95. The number of nitriles is 1. The molecule has 1 aromatic carbocycles. The summed E-state index contributed by atoms with van der Waals surface area (Å²) in [6, 6.07) is 6.88. The Bertz CT molecular complexity index is 328. The van der Waals surface area contributed by atoms with Crippen molar-refractivity contribution in [3.63, 3.8) is 0 Å². The van der Waals surface area contributed by atoms with Gasteiger partial charge in [-0.2, -0.15) is 5.26 Å². The Balaban J connectivity index is 3.01. The van der Waals surface area contributed by atoms with Gasteiger partial charge in [-0.3, -0.25) is 0 Å². The SMILES string of the molecule is CCOc1cc(C#N)cc([CH]O)c1. The maximum absolute atomic E-state index is 8.76. The molecule has 0 aliphatic rings. The molecule has 0 atom stereocenters. The second kappa shape index (κ2) is 4.48. The highest BCUT2D eigenvalue weighted by molar-refractivity contribution is 5.42. The zero-order valence-corrected chi connectivity index (χ0v) is 7.32. The Labute approximate surface area is 77.2 Å². The van der Waals surface area contributed by atoms with Gasteiger partial charge in [-0.1, -0.05) is 0 Å². The van der Waals surface area contributed by atoms with Crippen molar-refractivity contribution in [2.45, 2.75) is 6.92 Å². The van der Waals surface area contributed by atoms with Crippen molar-refractivity contribution < 1.29 is 9.84 Å². The van der Waals surface area contributed by atoms with Crippen LogP contribution in [0.25, 0.3) is 0 Å². The third-order valence-electron chi connectivity index (χ3n) is 1.52. The lowest BCUT2D eigenvalue weighted by atomic mass is 10.1. The van der Waals surface area contributed by atoms with Gasteiger partial charge in [0, 0.05) is 0 Å². The predicted molar refractivity (Wildman–Crippen MR) is 47.7 cm³/mol. The molecule has 0 heterocycles. The normalized spacial score (nSPS) is 9.31. The lowest BCUT2D eigenvalue weighted by molar-refractivity contribution is 0.339. The average Bonchev–Trinajstić information content (AvgIpc) is 2.17. The maximum atomic E-state index is 8.76. The van der Waals surface area contributed by atoms with Crippen molar-refractivity contribution in [3.05, 3.63) is 35.9 Å². The fourth-order valence-corrected chi connectivity index (χ4v) is 1.01. The van der Waals surface area contributed by atoms with Crippen LogP contribution in [0.1, 0.15) is 18.1 Å². The summed E-state index contributed by atoms with van der Waals surface area (Å²) >= 11 is 0. The third kappa shape index (κ3) is 2.46. The second-order valence-electron chi connectivity index (χ2n) is 2.46. The van der Waals surface area contributed by atoms with E-state index < -0.39 is 0 Å². The van der Waals surface area contributed by atoms with E-state index in [-0.39, 0.29) is 0 Å². The van der Waals surface area contributed by atoms with Crippen molar-refractivity contribution >= 4 is 0 Å². The number of aliphatic hydroxyl groups is 1. The predicted octanol–water partition coefficient (Wildman–Crippen LogP) is 1.84. The van der Waals surface area contributed by atoms with E-state index in [9.17, 15) is 0 Å². The molecule has 0 spiro atoms. The number of ether oxygens (including phenoxy) is 1. The van der Waals surface area contributed by atoms with Gasteiger partial charge in [0.25, 0.3) is 0 Å². The van der Waals surface area contributed by atoms with Gasteiger partial charge in [0.05, 0.1) is 18.2 Å². The largest absolute Gasteiger partial charge is 0.494 e. The first-order chi connectivity index (χ1) is 6.30. The molecule has 1 radical (unpaired) electrons. The monoisotopic (exact) mass is 176 g/mol. The van der Waals surface area contributed by atoms with E-state index in [4.69, 9.17) is 15.1 Å². The fraction of sp³-hybridized carbons (Fsp3) is 0.200. The summed E-state index contributed by atoms with van der Waals surface area (Å²) in [7, 11) is 0. The molecular weight excluding hydrogens is 166 g/mol. The Morgan fingerprint density at radius 3 is 2.85 bits per heavy atom. The van der Waals surface area contributed by atoms with E-state index in [0.29, 0.717) is 23.5 Å². The molecule has 0 amide bonds. The molecule has 0 aromatic heterocycles. The number of aliphatic hydroxyl groups excluding tert-OH is 1. The highest BCUT2D eigenvalue weighted by Gasteiger charge is 2.00. The number of nitrogens with zero attached hydrogens (tertiary/aromatic N) is 1. The second-order valence-corrected chi connectivity index (χ2v) is 2.46. The zero-order chi connectivity index (χ0) is 9.68. The number of hydrogen-bond donors (Lipinski definition) is 1. The van der Waals surface area contributed by atoms with Gasteiger partial charge in [-0.15, -0.1) is 0 Å². The first kappa shape index (κ1) is 9.56. The Morgan fingerprint density at radius 1 is 1.54 bits per heavy atom. The molecule has 1 aromatic rings. The van der Waals surface area contributed by atoms with Crippen LogP contribution in [0, 0.1) is 17.9 Å². The fourth-order valence-electron chi connectivity index (χ4n) is 1.01. The van der Waals surface area contributed by atoms with E-state index in [1.807, 2.05) is 13.0 Å². The summed E-state index contributed by atoms with van der Waals surface area (Å²) in [5, 5.41) is 17.4. The van der Waals surface area contributed by atoms with Gasteiger partial charge >= 0.3 is 0 Å². The summed E-state index contributed by atoms with van der Waals surface area (Å²) in [5.41, 5.74) is 1.05. The zero-order valence-electron chi connectivity index (χ0n) is 7.32.